The van der Waals surface area contributed by atoms with E-state index in [4.69, 9.17) is 4.74 Å². The van der Waals surface area contributed by atoms with Crippen molar-refractivity contribution in [1.29, 1.82) is 0 Å². The SMILES string of the molecule is CCOC(=O)C1C2CC(O)CCC2N(C)C1C. The van der Waals surface area contributed by atoms with Crippen molar-refractivity contribution >= 4 is 5.97 Å². The fraction of sp³-hybridized carbons (Fsp3) is 0.923. The number of hydrogen-bond donors (Lipinski definition) is 1. The topological polar surface area (TPSA) is 49.8 Å². The molecule has 1 saturated heterocycles. The maximum Gasteiger partial charge on any atom is 0.310 e. The lowest BCUT2D eigenvalue weighted by Gasteiger charge is -2.33. The summed E-state index contributed by atoms with van der Waals surface area (Å²) < 4.78 is 5.18. The van der Waals surface area contributed by atoms with Crippen molar-refractivity contribution in [3.05, 3.63) is 0 Å². The third-order valence-electron chi connectivity index (χ3n) is 4.54. The van der Waals surface area contributed by atoms with E-state index in [0.29, 0.717) is 12.6 Å². The molecule has 0 aromatic carbocycles. The molecule has 0 aromatic heterocycles. The standard InChI is InChI=1S/C13H23NO3/c1-4-17-13(16)12-8(2)14(3)11-6-5-9(15)7-10(11)12/h8-12,15H,4-7H2,1-3H3. The van der Waals surface area contributed by atoms with Crippen LogP contribution in [0.4, 0.5) is 0 Å². The number of carbonyl (C=O) groups excluding carboxylic acids is 1. The number of ether oxygens (including phenoxy) is 1. The molecule has 5 atom stereocenters. The van der Waals surface area contributed by atoms with E-state index in [-0.39, 0.29) is 30.0 Å². The fourth-order valence-corrected chi connectivity index (χ4v) is 3.58. The van der Waals surface area contributed by atoms with E-state index in [0.717, 1.165) is 19.3 Å². The summed E-state index contributed by atoms with van der Waals surface area (Å²) in [4.78, 5) is 14.3. The number of aliphatic hydroxyl groups is 1. The molecule has 2 aliphatic rings. The summed E-state index contributed by atoms with van der Waals surface area (Å²) in [5.74, 6) is 0.103. The molecule has 0 spiro atoms. The van der Waals surface area contributed by atoms with Gasteiger partial charge >= 0.3 is 5.97 Å². The van der Waals surface area contributed by atoms with Crippen molar-refractivity contribution in [2.45, 2.75) is 51.3 Å². The van der Waals surface area contributed by atoms with Crippen LogP contribution in [0.1, 0.15) is 33.1 Å². The maximum atomic E-state index is 12.0. The molecule has 1 N–H and O–H groups in total. The summed E-state index contributed by atoms with van der Waals surface area (Å²) in [5, 5.41) is 9.79. The maximum absolute atomic E-state index is 12.0. The molecule has 2 fully saturated rings. The van der Waals surface area contributed by atoms with Crippen LogP contribution in [-0.2, 0) is 9.53 Å². The van der Waals surface area contributed by atoms with E-state index >= 15 is 0 Å². The second-order valence-electron chi connectivity index (χ2n) is 5.38. The van der Waals surface area contributed by atoms with Crippen molar-refractivity contribution in [3.8, 4) is 0 Å². The quantitative estimate of drug-likeness (QED) is 0.734. The summed E-state index contributed by atoms with van der Waals surface area (Å²) in [6, 6.07) is 0.650. The summed E-state index contributed by atoms with van der Waals surface area (Å²) >= 11 is 0. The van der Waals surface area contributed by atoms with Gasteiger partial charge in [0.1, 0.15) is 0 Å². The molecule has 4 heteroatoms. The molecule has 1 heterocycles. The van der Waals surface area contributed by atoms with Gasteiger partial charge in [-0.3, -0.25) is 9.69 Å². The lowest BCUT2D eigenvalue weighted by molar-refractivity contribution is -0.150. The van der Waals surface area contributed by atoms with Gasteiger partial charge in [-0.25, -0.2) is 0 Å². The molecule has 98 valence electrons. The lowest BCUT2D eigenvalue weighted by Crippen LogP contribution is -2.37. The Hall–Kier alpha value is -0.610. The van der Waals surface area contributed by atoms with E-state index < -0.39 is 0 Å². The van der Waals surface area contributed by atoms with Crippen molar-refractivity contribution in [1.82, 2.24) is 4.90 Å². The summed E-state index contributed by atoms with van der Waals surface area (Å²) in [6.45, 7) is 4.37. The number of nitrogens with zero attached hydrogens (tertiary/aromatic N) is 1. The summed E-state index contributed by atoms with van der Waals surface area (Å²) in [5.41, 5.74) is 0. The molecule has 1 saturated carbocycles. The normalized spacial score (nSPS) is 42.2. The first-order valence-corrected chi connectivity index (χ1v) is 6.62. The van der Waals surface area contributed by atoms with E-state index in [1.807, 2.05) is 6.92 Å². The van der Waals surface area contributed by atoms with Crippen LogP contribution in [-0.4, -0.2) is 47.8 Å². The molecule has 17 heavy (non-hydrogen) atoms. The number of aliphatic hydroxyl groups excluding tert-OH is 1. The Morgan fingerprint density at radius 1 is 1.47 bits per heavy atom. The van der Waals surface area contributed by atoms with Gasteiger partial charge in [0.25, 0.3) is 0 Å². The van der Waals surface area contributed by atoms with Crippen LogP contribution >= 0.6 is 0 Å². The summed E-state index contributed by atoms with van der Waals surface area (Å²) in [6.07, 6.45) is 2.34. The van der Waals surface area contributed by atoms with E-state index in [2.05, 4.69) is 18.9 Å². The molecular formula is C13H23NO3. The minimum Gasteiger partial charge on any atom is -0.466 e. The van der Waals surface area contributed by atoms with Gasteiger partial charge in [0.2, 0.25) is 0 Å². The Morgan fingerprint density at radius 3 is 2.82 bits per heavy atom. The second kappa shape index (κ2) is 4.94. The molecule has 1 aliphatic carbocycles. The van der Waals surface area contributed by atoms with Gasteiger partial charge in [0.05, 0.1) is 18.6 Å². The van der Waals surface area contributed by atoms with Crippen LogP contribution in [0.25, 0.3) is 0 Å². The van der Waals surface area contributed by atoms with Gasteiger partial charge in [-0.15, -0.1) is 0 Å². The minimum atomic E-state index is -0.244. The third-order valence-corrected chi connectivity index (χ3v) is 4.54. The van der Waals surface area contributed by atoms with Crippen LogP contribution in [0.15, 0.2) is 0 Å². The zero-order chi connectivity index (χ0) is 12.6. The Morgan fingerprint density at radius 2 is 2.18 bits per heavy atom. The first-order chi connectivity index (χ1) is 8.06. The van der Waals surface area contributed by atoms with E-state index in [9.17, 15) is 9.90 Å². The average molecular weight is 241 g/mol. The molecule has 0 radical (unpaired) electrons. The van der Waals surface area contributed by atoms with Crippen molar-refractivity contribution in [2.24, 2.45) is 11.8 Å². The Bertz CT molecular complexity index is 294. The highest BCUT2D eigenvalue weighted by molar-refractivity contribution is 5.74. The Balaban J connectivity index is 2.16. The predicted octanol–water partition coefficient (Wildman–Crippen LogP) is 1.03. The first-order valence-electron chi connectivity index (χ1n) is 6.62. The molecule has 0 bridgehead atoms. The molecule has 2 rings (SSSR count). The van der Waals surface area contributed by atoms with Crippen LogP contribution in [0.5, 0.6) is 0 Å². The van der Waals surface area contributed by atoms with E-state index in [1.54, 1.807) is 0 Å². The van der Waals surface area contributed by atoms with Crippen LogP contribution in [0.2, 0.25) is 0 Å². The lowest BCUT2D eigenvalue weighted by atomic mass is 9.77. The van der Waals surface area contributed by atoms with Gasteiger partial charge in [-0.2, -0.15) is 0 Å². The van der Waals surface area contributed by atoms with Crippen molar-refractivity contribution < 1.29 is 14.6 Å². The number of hydrogen-bond acceptors (Lipinski definition) is 4. The number of likely N-dealkylation sites (tertiary alicyclic amines) is 1. The third kappa shape index (κ3) is 2.20. The molecule has 0 amide bonds. The van der Waals surface area contributed by atoms with Crippen LogP contribution in [0, 0.1) is 11.8 Å². The van der Waals surface area contributed by atoms with Crippen LogP contribution in [0.3, 0.4) is 0 Å². The monoisotopic (exact) mass is 241 g/mol. The van der Waals surface area contributed by atoms with Gasteiger partial charge in [0, 0.05) is 12.1 Å². The van der Waals surface area contributed by atoms with Gasteiger partial charge in [-0.1, -0.05) is 0 Å². The minimum absolute atomic E-state index is 0.0695. The largest absolute Gasteiger partial charge is 0.466 e. The number of fused-ring (bicyclic) bond motifs is 1. The molecule has 0 aromatic rings. The first kappa shape index (κ1) is 12.8. The van der Waals surface area contributed by atoms with Crippen LogP contribution < -0.4 is 0 Å². The highest BCUT2D eigenvalue weighted by atomic mass is 16.5. The summed E-state index contributed by atoms with van der Waals surface area (Å²) in [7, 11) is 2.08. The van der Waals surface area contributed by atoms with Crippen molar-refractivity contribution in [3.63, 3.8) is 0 Å². The molecule has 1 aliphatic heterocycles. The average Bonchev–Trinajstić information content (AvgIpc) is 2.51. The Kier molecular flexibility index (Phi) is 3.73. The fourth-order valence-electron chi connectivity index (χ4n) is 3.58. The van der Waals surface area contributed by atoms with Gasteiger partial charge in [0.15, 0.2) is 0 Å². The van der Waals surface area contributed by atoms with Crippen molar-refractivity contribution in [2.75, 3.05) is 13.7 Å². The predicted molar refractivity (Wildman–Crippen MR) is 64.5 cm³/mol. The number of esters is 1. The zero-order valence-electron chi connectivity index (χ0n) is 10.9. The molecule has 5 unspecified atom stereocenters. The number of carbonyl (C=O) groups is 1. The number of rotatable bonds is 2. The van der Waals surface area contributed by atoms with Gasteiger partial charge < -0.3 is 9.84 Å². The Labute approximate surface area is 103 Å². The smallest absolute Gasteiger partial charge is 0.310 e. The zero-order valence-corrected chi connectivity index (χ0v) is 10.9. The molecular weight excluding hydrogens is 218 g/mol. The highest BCUT2D eigenvalue weighted by Gasteiger charge is 2.51. The van der Waals surface area contributed by atoms with Gasteiger partial charge in [-0.05, 0) is 46.1 Å². The second-order valence-corrected chi connectivity index (χ2v) is 5.38. The highest BCUT2D eigenvalue weighted by Crippen LogP contribution is 2.43. The van der Waals surface area contributed by atoms with E-state index in [1.165, 1.54) is 0 Å². The molecule has 4 nitrogen and oxygen atoms in total.